The third-order valence-corrected chi connectivity index (χ3v) is 7.84. The fourth-order valence-electron chi connectivity index (χ4n) is 6.52. The third-order valence-electron chi connectivity index (χ3n) is 7.84. The topological polar surface area (TPSA) is 50.4 Å². The first-order valence-corrected chi connectivity index (χ1v) is 11.6. The SMILES string of the molecule is COc1cccc(NC(=O)c2ccc3c(c2)[C@H]2[C@@H]4CC[C@H](C4)[C@@H]2[C@H](c2ccccc2)N3)c1. The largest absolute Gasteiger partial charge is 0.497 e. The molecular weight excluding hydrogens is 396 g/mol. The number of carbonyl (C=O) groups excluding carboxylic acids is 1. The Bertz CT molecular complexity index is 1160. The van der Waals surface area contributed by atoms with Crippen LogP contribution in [0.3, 0.4) is 0 Å². The van der Waals surface area contributed by atoms with Crippen LogP contribution in [0.5, 0.6) is 5.75 Å². The summed E-state index contributed by atoms with van der Waals surface area (Å²) in [6, 6.07) is 24.9. The highest BCUT2D eigenvalue weighted by molar-refractivity contribution is 6.04. The molecule has 1 aliphatic heterocycles. The smallest absolute Gasteiger partial charge is 0.255 e. The van der Waals surface area contributed by atoms with Crippen molar-refractivity contribution in [2.75, 3.05) is 17.7 Å². The molecule has 2 N–H and O–H groups in total. The summed E-state index contributed by atoms with van der Waals surface area (Å²) in [5.41, 5.74) is 5.35. The van der Waals surface area contributed by atoms with Crippen molar-refractivity contribution < 1.29 is 9.53 Å². The van der Waals surface area contributed by atoms with Gasteiger partial charge in [0.2, 0.25) is 0 Å². The Hall–Kier alpha value is -3.27. The zero-order valence-electron chi connectivity index (χ0n) is 18.3. The molecule has 4 nitrogen and oxygen atoms in total. The summed E-state index contributed by atoms with van der Waals surface area (Å²) in [5.74, 6) is 3.28. The third kappa shape index (κ3) is 3.17. The quantitative estimate of drug-likeness (QED) is 0.521. The number of hydrogen-bond donors (Lipinski definition) is 2. The van der Waals surface area contributed by atoms with Crippen molar-refractivity contribution >= 4 is 17.3 Å². The molecule has 162 valence electrons. The molecule has 1 amide bonds. The number of hydrogen-bond acceptors (Lipinski definition) is 3. The maximum Gasteiger partial charge on any atom is 0.255 e. The van der Waals surface area contributed by atoms with E-state index >= 15 is 0 Å². The number of fused-ring (bicyclic) bond motifs is 7. The minimum atomic E-state index is -0.0778. The number of nitrogens with one attached hydrogen (secondary N) is 2. The summed E-state index contributed by atoms with van der Waals surface area (Å²) in [6.45, 7) is 0. The summed E-state index contributed by atoms with van der Waals surface area (Å²) in [4.78, 5) is 13.1. The standard InChI is InChI=1S/C28H28N2O2/c1-32-22-9-5-8-21(16-22)29-28(31)20-12-13-24-23(15-20)25-18-10-11-19(14-18)26(25)27(30-24)17-6-3-2-4-7-17/h2-9,12-13,15-16,18-19,25-27,30H,10-11,14H2,1H3,(H,29,31)/t18-,19-,25-,26+,27+/m1/s1. The fraction of sp³-hybridized carbons (Fsp3) is 0.321. The molecular formula is C28H28N2O2. The molecule has 3 aromatic carbocycles. The fourth-order valence-corrected chi connectivity index (χ4v) is 6.52. The molecule has 4 heteroatoms. The van der Waals surface area contributed by atoms with Gasteiger partial charge in [0.25, 0.3) is 5.91 Å². The number of benzene rings is 3. The van der Waals surface area contributed by atoms with Gasteiger partial charge in [-0.1, -0.05) is 36.4 Å². The van der Waals surface area contributed by atoms with E-state index in [0.717, 1.165) is 23.3 Å². The van der Waals surface area contributed by atoms with Gasteiger partial charge in [-0.05, 0) is 84.4 Å². The van der Waals surface area contributed by atoms with Crippen LogP contribution in [-0.2, 0) is 0 Å². The summed E-state index contributed by atoms with van der Waals surface area (Å²) in [5, 5.41) is 6.88. The lowest BCUT2D eigenvalue weighted by molar-refractivity contribution is 0.102. The van der Waals surface area contributed by atoms with Crippen molar-refractivity contribution in [2.24, 2.45) is 17.8 Å². The van der Waals surface area contributed by atoms with Crippen molar-refractivity contribution in [1.29, 1.82) is 0 Å². The van der Waals surface area contributed by atoms with Gasteiger partial charge in [-0.25, -0.2) is 0 Å². The van der Waals surface area contributed by atoms with Crippen molar-refractivity contribution in [3.63, 3.8) is 0 Å². The van der Waals surface area contributed by atoms with Gasteiger partial charge in [0.05, 0.1) is 13.2 Å². The highest BCUT2D eigenvalue weighted by Crippen LogP contribution is 2.63. The lowest BCUT2D eigenvalue weighted by Crippen LogP contribution is -2.35. The molecule has 3 aromatic rings. The van der Waals surface area contributed by atoms with E-state index in [1.165, 1.54) is 36.1 Å². The van der Waals surface area contributed by atoms with E-state index < -0.39 is 0 Å². The van der Waals surface area contributed by atoms with Gasteiger partial charge in [0, 0.05) is 23.0 Å². The Kier molecular flexibility index (Phi) is 4.67. The summed E-state index contributed by atoms with van der Waals surface area (Å²) >= 11 is 0. The lowest BCUT2D eigenvalue weighted by atomic mass is 9.68. The molecule has 3 aliphatic rings. The average Bonchev–Trinajstić information content (AvgIpc) is 3.47. The maximum absolute atomic E-state index is 13.1. The number of ether oxygens (including phenoxy) is 1. The minimum absolute atomic E-state index is 0.0778. The molecule has 5 atom stereocenters. The lowest BCUT2D eigenvalue weighted by Gasteiger charge is -2.43. The van der Waals surface area contributed by atoms with Crippen molar-refractivity contribution in [2.45, 2.75) is 31.2 Å². The second-order valence-electron chi connectivity index (χ2n) is 9.46. The van der Waals surface area contributed by atoms with E-state index in [-0.39, 0.29) is 5.91 Å². The van der Waals surface area contributed by atoms with E-state index in [1.54, 1.807) is 7.11 Å². The Morgan fingerprint density at radius 3 is 2.66 bits per heavy atom. The zero-order valence-corrected chi connectivity index (χ0v) is 18.3. The Balaban J connectivity index is 1.33. The number of rotatable bonds is 4. The minimum Gasteiger partial charge on any atom is -0.497 e. The van der Waals surface area contributed by atoms with Gasteiger partial charge in [-0.15, -0.1) is 0 Å². The molecule has 2 aliphatic carbocycles. The van der Waals surface area contributed by atoms with Gasteiger partial charge in [0.15, 0.2) is 0 Å². The summed E-state index contributed by atoms with van der Waals surface area (Å²) in [6.07, 6.45) is 3.97. The summed E-state index contributed by atoms with van der Waals surface area (Å²) < 4.78 is 5.28. The Morgan fingerprint density at radius 2 is 1.81 bits per heavy atom. The van der Waals surface area contributed by atoms with Crippen LogP contribution in [0.25, 0.3) is 0 Å². The molecule has 0 saturated heterocycles. The molecule has 1 heterocycles. The number of carbonyl (C=O) groups is 1. The van der Waals surface area contributed by atoms with Crippen LogP contribution in [-0.4, -0.2) is 13.0 Å². The first-order valence-electron chi connectivity index (χ1n) is 11.6. The van der Waals surface area contributed by atoms with Crippen LogP contribution in [0.4, 0.5) is 11.4 Å². The average molecular weight is 425 g/mol. The molecule has 0 unspecified atom stereocenters. The molecule has 0 spiro atoms. The van der Waals surface area contributed by atoms with Gasteiger partial charge in [-0.2, -0.15) is 0 Å². The number of anilines is 2. The Labute approximate surface area is 189 Å². The van der Waals surface area contributed by atoms with Gasteiger partial charge in [0.1, 0.15) is 5.75 Å². The molecule has 0 aromatic heterocycles. The monoisotopic (exact) mass is 424 g/mol. The van der Waals surface area contributed by atoms with Crippen LogP contribution in [0.2, 0.25) is 0 Å². The second kappa shape index (κ2) is 7.70. The van der Waals surface area contributed by atoms with Crippen LogP contribution in [0.15, 0.2) is 72.8 Å². The van der Waals surface area contributed by atoms with Crippen LogP contribution < -0.4 is 15.4 Å². The van der Waals surface area contributed by atoms with E-state index in [4.69, 9.17) is 4.74 Å². The van der Waals surface area contributed by atoms with E-state index in [0.29, 0.717) is 23.4 Å². The maximum atomic E-state index is 13.1. The van der Waals surface area contributed by atoms with Gasteiger partial charge in [-0.3, -0.25) is 4.79 Å². The molecule has 0 radical (unpaired) electrons. The second-order valence-corrected chi connectivity index (χ2v) is 9.46. The molecule has 6 rings (SSSR count). The van der Waals surface area contributed by atoms with Gasteiger partial charge < -0.3 is 15.4 Å². The summed E-state index contributed by atoms with van der Waals surface area (Å²) in [7, 11) is 1.63. The van der Waals surface area contributed by atoms with Crippen LogP contribution in [0, 0.1) is 17.8 Å². The van der Waals surface area contributed by atoms with Crippen molar-refractivity contribution in [3.8, 4) is 5.75 Å². The molecule has 2 bridgehead atoms. The van der Waals surface area contributed by atoms with E-state index in [2.05, 4.69) is 53.1 Å². The number of methoxy groups -OCH3 is 1. The normalized spacial score (nSPS) is 27.2. The molecule has 2 fully saturated rings. The molecule has 2 saturated carbocycles. The first kappa shape index (κ1) is 19.4. The van der Waals surface area contributed by atoms with Crippen LogP contribution >= 0.6 is 0 Å². The van der Waals surface area contributed by atoms with Crippen molar-refractivity contribution in [1.82, 2.24) is 0 Å². The van der Waals surface area contributed by atoms with Crippen molar-refractivity contribution in [3.05, 3.63) is 89.5 Å². The highest BCUT2D eigenvalue weighted by Gasteiger charge is 2.53. The Morgan fingerprint density at radius 1 is 0.969 bits per heavy atom. The predicted octanol–water partition coefficient (Wildman–Crippen LogP) is 6.24. The predicted molar refractivity (Wildman–Crippen MR) is 127 cm³/mol. The van der Waals surface area contributed by atoms with Gasteiger partial charge >= 0.3 is 0 Å². The number of amides is 1. The zero-order chi connectivity index (χ0) is 21.7. The van der Waals surface area contributed by atoms with Crippen LogP contribution in [0.1, 0.15) is 52.7 Å². The van der Waals surface area contributed by atoms with E-state index in [1.807, 2.05) is 30.3 Å². The first-order chi connectivity index (χ1) is 15.7. The molecule has 32 heavy (non-hydrogen) atoms. The highest BCUT2D eigenvalue weighted by atomic mass is 16.5. The van der Waals surface area contributed by atoms with E-state index in [9.17, 15) is 4.79 Å².